The first kappa shape index (κ1) is 14.5. The average Bonchev–Trinajstić information content (AvgIpc) is 2.75. The molecule has 0 aliphatic carbocycles. The van der Waals surface area contributed by atoms with Crippen molar-refractivity contribution in [1.29, 1.82) is 0 Å². The van der Waals surface area contributed by atoms with E-state index in [9.17, 15) is 4.79 Å². The number of hydrogen-bond donors (Lipinski definition) is 1. The number of aryl methyl sites for hydroxylation is 1. The molecule has 1 aromatic heterocycles. The summed E-state index contributed by atoms with van der Waals surface area (Å²) >= 11 is 6.10. The Labute approximate surface area is 130 Å². The van der Waals surface area contributed by atoms with E-state index >= 15 is 0 Å². The maximum atomic E-state index is 12.6. The summed E-state index contributed by atoms with van der Waals surface area (Å²) < 4.78 is 0. The van der Waals surface area contributed by atoms with Crippen molar-refractivity contribution in [3.05, 3.63) is 34.5 Å². The normalized spacial score (nSPS) is 19.2. The number of piperidine rings is 1. The average molecular weight is 305 g/mol. The van der Waals surface area contributed by atoms with Crippen LogP contribution < -0.4 is 0 Å². The minimum atomic E-state index is 0.227. The van der Waals surface area contributed by atoms with Gasteiger partial charge in [0, 0.05) is 34.7 Å². The third kappa shape index (κ3) is 2.93. The number of carbonyl (C=O) groups excluding carboxylic acids is 1. The molecule has 2 aromatic rings. The summed E-state index contributed by atoms with van der Waals surface area (Å²) in [6.07, 6.45) is 2.80. The molecule has 3 nitrogen and oxygen atoms in total. The highest BCUT2D eigenvalue weighted by atomic mass is 35.5. The molecule has 1 fully saturated rings. The molecule has 21 heavy (non-hydrogen) atoms. The Morgan fingerprint density at radius 2 is 2.29 bits per heavy atom. The Morgan fingerprint density at radius 3 is 3.05 bits per heavy atom. The topological polar surface area (TPSA) is 36.1 Å². The summed E-state index contributed by atoms with van der Waals surface area (Å²) in [4.78, 5) is 17.9. The highest BCUT2D eigenvalue weighted by Crippen LogP contribution is 2.26. The number of halogens is 1. The van der Waals surface area contributed by atoms with Gasteiger partial charge in [-0.3, -0.25) is 4.79 Å². The summed E-state index contributed by atoms with van der Waals surface area (Å²) in [7, 11) is 0. The van der Waals surface area contributed by atoms with Crippen LogP contribution in [0.2, 0.25) is 5.02 Å². The van der Waals surface area contributed by atoms with Crippen molar-refractivity contribution in [2.75, 3.05) is 13.1 Å². The lowest BCUT2D eigenvalue weighted by Gasteiger charge is -2.31. The molecule has 1 aliphatic heterocycles. The third-order valence-electron chi connectivity index (χ3n) is 4.42. The van der Waals surface area contributed by atoms with Crippen LogP contribution in [0.3, 0.4) is 0 Å². The molecule has 0 saturated carbocycles. The molecule has 1 unspecified atom stereocenters. The van der Waals surface area contributed by atoms with Gasteiger partial charge in [-0.15, -0.1) is 0 Å². The van der Waals surface area contributed by atoms with Crippen molar-refractivity contribution >= 4 is 28.4 Å². The second-order valence-corrected chi connectivity index (χ2v) is 6.62. The molecule has 1 N–H and O–H groups in total. The first-order valence-corrected chi connectivity index (χ1v) is 7.97. The number of carbonyl (C=O) groups is 1. The number of aromatic amines is 1. The lowest BCUT2D eigenvalue weighted by Crippen LogP contribution is -2.40. The summed E-state index contributed by atoms with van der Waals surface area (Å²) in [5.41, 5.74) is 3.19. The first-order valence-electron chi connectivity index (χ1n) is 7.59. The lowest BCUT2D eigenvalue weighted by atomic mass is 9.99. The van der Waals surface area contributed by atoms with Crippen molar-refractivity contribution < 1.29 is 4.79 Å². The Kier molecular flexibility index (Phi) is 3.94. The van der Waals surface area contributed by atoms with E-state index in [1.165, 1.54) is 6.42 Å². The number of hydrogen-bond acceptors (Lipinski definition) is 1. The Balaban J connectivity index is 1.85. The van der Waals surface area contributed by atoms with Crippen LogP contribution in [0.1, 0.15) is 31.0 Å². The van der Waals surface area contributed by atoms with Gasteiger partial charge >= 0.3 is 0 Å². The fourth-order valence-corrected chi connectivity index (χ4v) is 3.43. The highest BCUT2D eigenvalue weighted by Gasteiger charge is 2.22. The van der Waals surface area contributed by atoms with Gasteiger partial charge in [0.15, 0.2) is 0 Å². The molecule has 2 heterocycles. The van der Waals surface area contributed by atoms with Crippen molar-refractivity contribution in [3.63, 3.8) is 0 Å². The predicted molar refractivity (Wildman–Crippen MR) is 86.7 cm³/mol. The second kappa shape index (κ2) is 5.72. The molecular weight excluding hydrogens is 284 g/mol. The summed E-state index contributed by atoms with van der Waals surface area (Å²) in [6, 6.07) is 5.79. The van der Waals surface area contributed by atoms with Crippen LogP contribution in [0.4, 0.5) is 0 Å². The zero-order valence-electron chi connectivity index (χ0n) is 12.6. The molecule has 112 valence electrons. The van der Waals surface area contributed by atoms with E-state index in [1.54, 1.807) is 0 Å². The Hall–Kier alpha value is -1.48. The fourth-order valence-electron chi connectivity index (χ4n) is 3.26. The number of likely N-dealkylation sites (tertiary alicyclic amines) is 1. The van der Waals surface area contributed by atoms with Gasteiger partial charge in [-0.1, -0.05) is 18.5 Å². The zero-order chi connectivity index (χ0) is 15.0. The van der Waals surface area contributed by atoms with E-state index in [4.69, 9.17) is 11.6 Å². The predicted octanol–water partition coefficient (Wildman–Crippen LogP) is 3.93. The summed E-state index contributed by atoms with van der Waals surface area (Å²) in [5.74, 6) is 0.840. The molecule has 1 aromatic carbocycles. The van der Waals surface area contributed by atoms with Crippen molar-refractivity contribution in [1.82, 2.24) is 9.88 Å². The van der Waals surface area contributed by atoms with Crippen LogP contribution in [-0.4, -0.2) is 28.9 Å². The van der Waals surface area contributed by atoms with Crippen LogP contribution in [-0.2, 0) is 11.2 Å². The number of benzene rings is 1. The monoisotopic (exact) mass is 304 g/mol. The standard InChI is InChI=1S/C17H21ClN2O/c1-11-4-3-7-20(10-11)17(21)9-14-12(2)19-16-6-5-13(18)8-15(14)16/h5-6,8,11,19H,3-4,7,9-10H2,1-2H3. The number of fused-ring (bicyclic) bond motifs is 1. The number of nitrogens with one attached hydrogen (secondary N) is 1. The number of rotatable bonds is 2. The first-order chi connectivity index (χ1) is 10.0. The molecule has 1 saturated heterocycles. The third-order valence-corrected chi connectivity index (χ3v) is 4.65. The smallest absolute Gasteiger partial charge is 0.227 e. The zero-order valence-corrected chi connectivity index (χ0v) is 13.3. The lowest BCUT2D eigenvalue weighted by molar-refractivity contribution is -0.132. The van der Waals surface area contributed by atoms with Gasteiger partial charge in [-0.2, -0.15) is 0 Å². The number of aromatic nitrogens is 1. The van der Waals surface area contributed by atoms with E-state index < -0.39 is 0 Å². The van der Waals surface area contributed by atoms with Crippen LogP contribution in [0, 0.1) is 12.8 Å². The maximum Gasteiger partial charge on any atom is 0.227 e. The van der Waals surface area contributed by atoms with Crippen LogP contribution in [0.5, 0.6) is 0 Å². The van der Waals surface area contributed by atoms with E-state index in [0.717, 1.165) is 41.7 Å². The molecule has 0 radical (unpaired) electrons. The van der Waals surface area contributed by atoms with Crippen LogP contribution >= 0.6 is 11.6 Å². The Morgan fingerprint density at radius 1 is 1.48 bits per heavy atom. The van der Waals surface area contributed by atoms with E-state index in [0.29, 0.717) is 17.4 Å². The van der Waals surface area contributed by atoms with Gasteiger partial charge in [0.1, 0.15) is 0 Å². The molecule has 1 atom stereocenters. The second-order valence-electron chi connectivity index (χ2n) is 6.18. The molecule has 3 rings (SSSR count). The van der Waals surface area contributed by atoms with Crippen molar-refractivity contribution in [2.24, 2.45) is 5.92 Å². The van der Waals surface area contributed by atoms with Crippen LogP contribution in [0.25, 0.3) is 10.9 Å². The van der Waals surface area contributed by atoms with Crippen molar-refractivity contribution in [3.8, 4) is 0 Å². The quantitative estimate of drug-likeness (QED) is 0.896. The number of amides is 1. The maximum absolute atomic E-state index is 12.6. The van der Waals surface area contributed by atoms with Gasteiger partial charge in [-0.05, 0) is 49.4 Å². The molecule has 0 spiro atoms. The van der Waals surface area contributed by atoms with Crippen LogP contribution in [0.15, 0.2) is 18.2 Å². The fraction of sp³-hybridized carbons (Fsp3) is 0.471. The minimum Gasteiger partial charge on any atom is -0.358 e. The molecule has 0 bridgehead atoms. The number of H-pyrrole nitrogens is 1. The molecule has 1 amide bonds. The molecule has 4 heteroatoms. The van der Waals surface area contributed by atoms with Gasteiger partial charge in [0.05, 0.1) is 6.42 Å². The minimum absolute atomic E-state index is 0.227. The SMILES string of the molecule is Cc1[nH]c2ccc(Cl)cc2c1CC(=O)N1CCCC(C)C1. The molecule has 1 aliphatic rings. The van der Waals surface area contributed by atoms with E-state index in [1.807, 2.05) is 30.0 Å². The highest BCUT2D eigenvalue weighted by molar-refractivity contribution is 6.31. The van der Waals surface area contributed by atoms with E-state index in [2.05, 4.69) is 11.9 Å². The van der Waals surface area contributed by atoms with Crippen molar-refractivity contribution in [2.45, 2.75) is 33.1 Å². The summed E-state index contributed by atoms with van der Waals surface area (Å²) in [6.45, 7) is 6.03. The summed E-state index contributed by atoms with van der Waals surface area (Å²) in [5, 5.41) is 1.78. The number of nitrogens with zero attached hydrogens (tertiary/aromatic N) is 1. The Bertz CT molecular complexity index is 677. The molecular formula is C17H21ClN2O. The van der Waals surface area contributed by atoms with Gasteiger partial charge in [0.25, 0.3) is 0 Å². The largest absolute Gasteiger partial charge is 0.358 e. The van der Waals surface area contributed by atoms with E-state index in [-0.39, 0.29) is 5.91 Å². The van der Waals surface area contributed by atoms with Gasteiger partial charge < -0.3 is 9.88 Å². The van der Waals surface area contributed by atoms with Gasteiger partial charge in [-0.25, -0.2) is 0 Å². The van der Waals surface area contributed by atoms with Gasteiger partial charge in [0.2, 0.25) is 5.91 Å².